The highest BCUT2D eigenvalue weighted by Gasteiger charge is 2.30. The number of aryl methyl sites for hydroxylation is 2. The van der Waals surface area contributed by atoms with Gasteiger partial charge in [0, 0.05) is 25.3 Å². The minimum atomic E-state index is 0.343. The summed E-state index contributed by atoms with van der Waals surface area (Å²) in [7, 11) is 0. The summed E-state index contributed by atoms with van der Waals surface area (Å²) < 4.78 is 13.0. The Morgan fingerprint density at radius 3 is 2.71 bits per heavy atom. The van der Waals surface area contributed by atoms with E-state index in [1.165, 1.54) is 11.3 Å². The fourth-order valence-electron chi connectivity index (χ4n) is 3.84. The first-order valence-corrected chi connectivity index (χ1v) is 8.72. The van der Waals surface area contributed by atoms with Gasteiger partial charge in [0.2, 0.25) is 6.79 Å². The van der Waals surface area contributed by atoms with E-state index in [4.69, 9.17) is 9.47 Å². The molecule has 0 radical (unpaired) electrons. The molecule has 1 aromatic heterocycles. The molecule has 0 amide bonds. The average Bonchev–Trinajstić information content (AvgIpc) is 3.08. The maximum Gasteiger partial charge on any atom is 0.231 e. The van der Waals surface area contributed by atoms with Crippen molar-refractivity contribution >= 4 is 0 Å². The van der Waals surface area contributed by atoms with Crippen LogP contribution in [-0.2, 0) is 6.42 Å². The van der Waals surface area contributed by atoms with Crippen molar-refractivity contribution in [1.82, 2.24) is 14.7 Å². The van der Waals surface area contributed by atoms with E-state index < -0.39 is 0 Å². The summed E-state index contributed by atoms with van der Waals surface area (Å²) in [5.74, 6) is 2.36. The van der Waals surface area contributed by atoms with Crippen molar-refractivity contribution in [2.24, 2.45) is 5.92 Å². The minimum Gasteiger partial charge on any atom is -0.454 e. The molecule has 2 aliphatic heterocycles. The molecule has 1 unspecified atom stereocenters. The summed E-state index contributed by atoms with van der Waals surface area (Å²) >= 11 is 0. The van der Waals surface area contributed by atoms with E-state index in [9.17, 15) is 0 Å². The molecule has 1 aromatic carbocycles. The minimum absolute atomic E-state index is 0.343. The molecule has 1 atom stereocenters. The van der Waals surface area contributed by atoms with Crippen LogP contribution in [0.4, 0.5) is 0 Å². The smallest absolute Gasteiger partial charge is 0.231 e. The highest BCUT2D eigenvalue weighted by atomic mass is 16.7. The first-order valence-electron chi connectivity index (χ1n) is 8.72. The lowest BCUT2D eigenvalue weighted by atomic mass is 9.98. The van der Waals surface area contributed by atoms with E-state index in [0.717, 1.165) is 43.2 Å². The van der Waals surface area contributed by atoms with Crippen LogP contribution in [0.2, 0.25) is 0 Å². The van der Waals surface area contributed by atoms with Crippen LogP contribution >= 0.6 is 0 Å². The van der Waals surface area contributed by atoms with Crippen LogP contribution in [0.15, 0.2) is 24.3 Å². The van der Waals surface area contributed by atoms with E-state index in [2.05, 4.69) is 53.7 Å². The van der Waals surface area contributed by atoms with Gasteiger partial charge in [0.15, 0.2) is 11.5 Å². The molecule has 0 spiro atoms. The molecule has 0 saturated carbocycles. The Kier molecular flexibility index (Phi) is 3.96. The zero-order valence-electron chi connectivity index (χ0n) is 14.7. The fraction of sp³-hybridized carbons (Fsp3) is 0.526. The van der Waals surface area contributed by atoms with Crippen LogP contribution in [0.25, 0.3) is 0 Å². The van der Waals surface area contributed by atoms with Crippen molar-refractivity contribution in [3.63, 3.8) is 0 Å². The highest BCUT2D eigenvalue weighted by Crippen LogP contribution is 2.33. The van der Waals surface area contributed by atoms with Gasteiger partial charge in [-0.15, -0.1) is 0 Å². The van der Waals surface area contributed by atoms with Crippen LogP contribution in [-0.4, -0.2) is 41.1 Å². The molecule has 0 bridgehead atoms. The third-order valence-electron chi connectivity index (χ3n) is 4.92. The number of fused-ring (bicyclic) bond motifs is 1. The SMILES string of the molecule is Cc1cc(C)n(C2CN(CC(C)Cc3ccc4c(c3)OCO4)C2)n1. The molecule has 5 nitrogen and oxygen atoms in total. The number of benzene rings is 1. The summed E-state index contributed by atoms with van der Waals surface area (Å²) in [6.45, 7) is 10.2. The fourth-order valence-corrected chi connectivity index (χ4v) is 3.84. The molecule has 4 rings (SSSR count). The lowest BCUT2D eigenvalue weighted by Gasteiger charge is -2.41. The third-order valence-corrected chi connectivity index (χ3v) is 4.92. The second kappa shape index (κ2) is 6.13. The second-order valence-electron chi connectivity index (χ2n) is 7.24. The van der Waals surface area contributed by atoms with Gasteiger partial charge >= 0.3 is 0 Å². The van der Waals surface area contributed by atoms with Gasteiger partial charge in [-0.3, -0.25) is 9.58 Å². The van der Waals surface area contributed by atoms with Crippen LogP contribution in [0, 0.1) is 19.8 Å². The van der Waals surface area contributed by atoms with Crippen molar-refractivity contribution in [1.29, 1.82) is 0 Å². The predicted octanol–water partition coefficient (Wildman–Crippen LogP) is 2.96. The molecule has 0 aliphatic carbocycles. The van der Waals surface area contributed by atoms with Crippen LogP contribution < -0.4 is 9.47 Å². The van der Waals surface area contributed by atoms with Gasteiger partial charge in [-0.25, -0.2) is 0 Å². The molecule has 3 heterocycles. The summed E-state index contributed by atoms with van der Waals surface area (Å²) in [5.41, 5.74) is 3.70. The molecule has 2 aliphatic rings. The zero-order chi connectivity index (χ0) is 16.7. The summed E-state index contributed by atoms with van der Waals surface area (Å²) in [6, 6.07) is 8.99. The van der Waals surface area contributed by atoms with Gasteiger partial charge < -0.3 is 9.47 Å². The number of nitrogens with zero attached hydrogens (tertiary/aromatic N) is 3. The molecular weight excluding hydrogens is 302 g/mol. The van der Waals surface area contributed by atoms with Gasteiger partial charge in [-0.1, -0.05) is 13.0 Å². The molecule has 5 heteroatoms. The van der Waals surface area contributed by atoms with E-state index in [0.29, 0.717) is 18.8 Å². The Bertz CT molecular complexity index is 734. The van der Waals surface area contributed by atoms with Crippen molar-refractivity contribution < 1.29 is 9.47 Å². The van der Waals surface area contributed by atoms with Gasteiger partial charge in [-0.2, -0.15) is 5.10 Å². The number of likely N-dealkylation sites (tertiary alicyclic amines) is 1. The van der Waals surface area contributed by atoms with Crippen molar-refractivity contribution in [2.45, 2.75) is 33.2 Å². The van der Waals surface area contributed by atoms with Gasteiger partial charge in [-0.05, 0) is 49.9 Å². The van der Waals surface area contributed by atoms with E-state index in [1.54, 1.807) is 0 Å². The Hall–Kier alpha value is -2.01. The average molecular weight is 327 g/mol. The van der Waals surface area contributed by atoms with Crippen LogP contribution in [0.5, 0.6) is 11.5 Å². The first kappa shape index (κ1) is 15.5. The number of ether oxygens (including phenoxy) is 2. The van der Waals surface area contributed by atoms with Crippen LogP contribution in [0.3, 0.4) is 0 Å². The van der Waals surface area contributed by atoms with Gasteiger partial charge in [0.25, 0.3) is 0 Å². The van der Waals surface area contributed by atoms with Crippen molar-refractivity contribution in [3.8, 4) is 11.5 Å². The number of rotatable bonds is 5. The van der Waals surface area contributed by atoms with Gasteiger partial charge in [0.1, 0.15) is 0 Å². The second-order valence-corrected chi connectivity index (χ2v) is 7.24. The maximum atomic E-state index is 5.47. The Balaban J connectivity index is 1.28. The Labute approximate surface area is 143 Å². The predicted molar refractivity (Wildman–Crippen MR) is 92.6 cm³/mol. The number of hydrogen-bond donors (Lipinski definition) is 0. The monoisotopic (exact) mass is 327 g/mol. The summed E-state index contributed by atoms with van der Waals surface area (Å²) in [6.07, 6.45) is 1.07. The molecule has 2 aromatic rings. The maximum absolute atomic E-state index is 5.47. The third kappa shape index (κ3) is 3.00. The molecule has 0 N–H and O–H groups in total. The molecular formula is C19H25N3O2. The number of hydrogen-bond acceptors (Lipinski definition) is 4. The van der Waals surface area contributed by atoms with Crippen molar-refractivity contribution in [2.75, 3.05) is 26.4 Å². The first-order chi connectivity index (χ1) is 11.6. The Morgan fingerprint density at radius 1 is 1.17 bits per heavy atom. The lowest BCUT2D eigenvalue weighted by molar-refractivity contribution is 0.0818. The van der Waals surface area contributed by atoms with E-state index in [-0.39, 0.29) is 0 Å². The summed E-state index contributed by atoms with van der Waals surface area (Å²) in [4.78, 5) is 2.53. The van der Waals surface area contributed by atoms with E-state index in [1.807, 2.05) is 6.07 Å². The molecule has 128 valence electrons. The van der Waals surface area contributed by atoms with Gasteiger partial charge in [0.05, 0.1) is 11.7 Å². The molecule has 1 fully saturated rings. The normalized spacial score (nSPS) is 18.6. The summed E-state index contributed by atoms with van der Waals surface area (Å²) in [5, 5.41) is 4.61. The molecule has 24 heavy (non-hydrogen) atoms. The lowest BCUT2D eigenvalue weighted by Crippen LogP contribution is -2.49. The Morgan fingerprint density at radius 2 is 1.96 bits per heavy atom. The van der Waals surface area contributed by atoms with E-state index >= 15 is 0 Å². The van der Waals surface area contributed by atoms with Crippen molar-refractivity contribution in [3.05, 3.63) is 41.2 Å². The number of aromatic nitrogens is 2. The zero-order valence-corrected chi connectivity index (χ0v) is 14.7. The van der Waals surface area contributed by atoms with Crippen LogP contribution in [0.1, 0.15) is 29.9 Å². The quantitative estimate of drug-likeness (QED) is 0.846. The molecule has 1 saturated heterocycles. The topological polar surface area (TPSA) is 39.5 Å². The largest absolute Gasteiger partial charge is 0.454 e. The standard InChI is InChI=1S/C19H25N3O2/c1-13(6-16-4-5-18-19(8-16)24-12-23-18)9-21-10-17(11-21)22-15(3)7-14(2)20-22/h4-5,7-8,13,17H,6,9-12H2,1-3H3. The highest BCUT2D eigenvalue weighted by molar-refractivity contribution is 5.44.